The van der Waals surface area contributed by atoms with E-state index >= 15 is 0 Å². The number of aromatic nitrogens is 2. The van der Waals surface area contributed by atoms with E-state index in [4.69, 9.17) is 20.7 Å². The lowest BCUT2D eigenvalue weighted by Gasteiger charge is -2.12. The van der Waals surface area contributed by atoms with Gasteiger partial charge in [0.2, 0.25) is 0 Å². The predicted molar refractivity (Wildman–Crippen MR) is 199 cm³/mol. The van der Waals surface area contributed by atoms with Crippen LogP contribution in [0, 0.1) is 0 Å². The van der Waals surface area contributed by atoms with Crippen molar-refractivity contribution in [2.45, 2.75) is 6.54 Å². The molecule has 5 heteroatoms. The molecule has 48 heavy (non-hydrogen) atoms. The standard InChI is InChI=1S/C43H31N5/c44-42(30-13-5-2-6-14-30)48-43(47-28-29-11-3-1-4-12-29)35-18-10-17-33(26-35)31-15-9-16-32(25-31)34-21-22-38-39(27-34)36-19-7-8-20-37(36)40-41(38)46-24-23-45-40/h1-27H,28H2,(H2,44,47,48). The minimum Gasteiger partial charge on any atom is -0.383 e. The maximum absolute atomic E-state index is 6.50. The van der Waals surface area contributed by atoms with Gasteiger partial charge in [0.1, 0.15) is 5.84 Å². The van der Waals surface area contributed by atoms with Gasteiger partial charge in [-0.25, -0.2) is 4.99 Å². The normalized spacial score (nSPS) is 12.2. The van der Waals surface area contributed by atoms with Crippen LogP contribution in [0.4, 0.5) is 0 Å². The van der Waals surface area contributed by atoms with Crippen LogP contribution in [0.15, 0.2) is 174 Å². The Hall–Kier alpha value is -6.46. The minimum atomic E-state index is 0.428. The summed E-state index contributed by atoms with van der Waals surface area (Å²) in [6, 6.07) is 52.1. The molecule has 0 bridgehead atoms. The molecule has 2 N–H and O–H groups in total. The van der Waals surface area contributed by atoms with Crippen LogP contribution in [0.5, 0.6) is 0 Å². The van der Waals surface area contributed by atoms with E-state index in [9.17, 15) is 0 Å². The molecule has 1 heterocycles. The molecule has 7 aromatic carbocycles. The smallest absolute Gasteiger partial charge is 0.157 e. The first-order valence-electron chi connectivity index (χ1n) is 16.0. The Bertz CT molecular complexity index is 2450. The first-order chi connectivity index (χ1) is 23.7. The lowest BCUT2D eigenvalue weighted by atomic mass is 9.94. The molecule has 0 unspecified atom stereocenters. The number of benzene rings is 7. The summed E-state index contributed by atoms with van der Waals surface area (Å²) in [6.07, 6.45) is 3.53. The second-order valence-electron chi connectivity index (χ2n) is 11.7. The average Bonchev–Trinajstić information content (AvgIpc) is 3.17. The second-order valence-corrected chi connectivity index (χ2v) is 11.7. The van der Waals surface area contributed by atoms with E-state index in [0.29, 0.717) is 18.2 Å². The molecule has 0 aliphatic heterocycles. The summed E-state index contributed by atoms with van der Waals surface area (Å²) in [5, 5.41) is 4.54. The molecule has 0 radical (unpaired) electrons. The van der Waals surface area contributed by atoms with Crippen molar-refractivity contribution in [3.8, 4) is 22.3 Å². The molecule has 0 saturated carbocycles. The molecular weight excluding hydrogens is 587 g/mol. The molecule has 0 amide bonds. The molecule has 8 aromatic rings. The van der Waals surface area contributed by atoms with Crippen LogP contribution in [0.1, 0.15) is 16.7 Å². The molecule has 1 aromatic heterocycles. The van der Waals surface area contributed by atoms with Crippen LogP contribution in [0.25, 0.3) is 54.8 Å². The van der Waals surface area contributed by atoms with Gasteiger partial charge >= 0.3 is 0 Å². The fourth-order valence-corrected chi connectivity index (χ4v) is 6.25. The van der Waals surface area contributed by atoms with E-state index in [1.165, 1.54) is 5.39 Å². The number of aliphatic imine (C=N–C) groups is 2. The summed E-state index contributed by atoms with van der Waals surface area (Å²) in [5.74, 6) is 1.02. The van der Waals surface area contributed by atoms with E-state index in [0.717, 1.165) is 66.1 Å². The zero-order valence-electron chi connectivity index (χ0n) is 26.2. The molecule has 0 spiro atoms. The highest BCUT2D eigenvalue weighted by atomic mass is 15.0. The summed E-state index contributed by atoms with van der Waals surface area (Å²) >= 11 is 0. The van der Waals surface area contributed by atoms with Crippen LogP contribution < -0.4 is 5.73 Å². The van der Waals surface area contributed by atoms with Crippen molar-refractivity contribution in [2.24, 2.45) is 15.7 Å². The number of rotatable bonds is 6. The van der Waals surface area contributed by atoms with Gasteiger partial charge in [-0.05, 0) is 56.8 Å². The van der Waals surface area contributed by atoms with Gasteiger partial charge in [-0.1, -0.05) is 133 Å². The van der Waals surface area contributed by atoms with Gasteiger partial charge in [-0.3, -0.25) is 15.0 Å². The largest absolute Gasteiger partial charge is 0.383 e. The third-order valence-corrected chi connectivity index (χ3v) is 8.65. The third kappa shape index (κ3) is 5.70. The van der Waals surface area contributed by atoms with Crippen molar-refractivity contribution < 1.29 is 0 Å². The number of fused-ring (bicyclic) bond motifs is 6. The molecule has 0 fully saturated rings. The quantitative estimate of drug-likeness (QED) is 0.115. The molecule has 0 aliphatic rings. The van der Waals surface area contributed by atoms with E-state index in [-0.39, 0.29) is 0 Å². The summed E-state index contributed by atoms with van der Waals surface area (Å²) < 4.78 is 0. The van der Waals surface area contributed by atoms with Crippen molar-refractivity contribution in [3.63, 3.8) is 0 Å². The second kappa shape index (κ2) is 12.7. The molecule has 228 valence electrons. The summed E-state index contributed by atoms with van der Waals surface area (Å²) in [6.45, 7) is 0.499. The number of nitrogens with zero attached hydrogens (tertiary/aromatic N) is 4. The first kappa shape index (κ1) is 29.0. The Morgan fingerprint density at radius 3 is 1.77 bits per heavy atom. The zero-order chi connectivity index (χ0) is 32.3. The summed E-state index contributed by atoms with van der Waals surface area (Å²) in [5.41, 5.74) is 15.7. The number of nitrogens with two attached hydrogens (primary N) is 1. The van der Waals surface area contributed by atoms with Crippen molar-refractivity contribution in [1.82, 2.24) is 9.97 Å². The fraction of sp³-hybridized carbons (Fsp3) is 0.0233. The van der Waals surface area contributed by atoms with E-state index in [2.05, 4.69) is 102 Å². The number of hydrogen-bond donors (Lipinski definition) is 1. The maximum atomic E-state index is 6.50. The summed E-state index contributed by atoms with van der Waals surface area (Å²) in [4.78, 5) is 19.2. The highest BCUT2D eigenvalue weighted by Gasteiger charge is 2.13. The number of amidine groups is 2. The predicted octanol–water partition coefficient (Wildman–Crippen LogP) is 9.62. The monoisotopic (exact) mass is 617 g/mol. The van der Waals surface area contributed by atoms with Crippen LogP contribution in [0.3, 0.4) is 0 Å². The SMILES string of the molecule is NC(=NC(=NCc1ccccc1)c1cccc(-c2cccc(-c3ccc4c(c3)c3ccccc3c3nccnc43)c2)c1)c1ccccc1. The van der Waals surface area contributed by atoms with Crippen molar-refractivity contribution in [1.29, 1.82) is 0 Å². The molecule has 0 atom stereocenters. The lowest BCUT2D eigenvalue weighted by Crippen LogP contribution is -2.16. The molecule has 0 saturated heterocycles. The Balaban J connectivity index is 1.19. The maximum Gasteiger partial charge on any atom is 0.157 e. The van der Waals surface area contributed by atoms with Gasteiger partial charge in [0.05, 0.1) is 17.6 Å². The average molecular weight is 618 g/mol. The van der Waals surface area contributed by atoms with E-state index in [1.807, 2.05) is 54.6 Å². The summed E-state index contributed by atoms with van der Waals surface area (Å²) in [7, 11) is 0. The van der Waals surface area contributed by atoms with Gasteiger partial charge in [0, 0.05) is 34.3 Å². The van der Waals surface area contributed by atoms with E-state index < -0.39 is 0 Å². The Morgan fingerprint density at radius 2 is 1.04 bits per heavy atom. The van der Waals surface area contributed by atoms with Gasteiger partial charge in [0.15, 0.2) is 5.84 Å². The molecule has 8 rings (SSSR count). The highest BCUT2D eigenvalue weighted by molar-refractivity contribution is 6.23. The minimum absolute atomic E-state index is 0.428. The molecular formula is C43H31N5. The van der Waals surface area contributed by atoms with Crippen LogP contribution in [-0.2, 0) is 6.54 Å². The molecule has 5 nitrogen and oxygen atoms in total. The van der Waals surface area contributed by atoms with Crippen molar-refractivity contribution in [2.75, 3.05) is 0 Å². The van der Waals surface area contributed by atoms with Gasteiger partial charge in [0.25, 0.3) is 0 Å². The topological polar surface area (TPSA) is 76.5 Å². The Labute approximate surface area is 278 Å². The lowest BCUT2D eigenvalue weighted by molar-refractivity contribution is 1.06. The molecule has 0 aliphatic carbocycles. The highest BCUT2D eigenvalue weighted by Crippen LogP contribution is 2.36. The Kier molecular flexibility index (Phi) is 7.69. The van der Waals surface area contributed by atoms with Crippen molar-refractivity contribution in [3.05, 3.63) is 181 Å². The zero-order valence-corrected chi connectivity index (χ0v) is 26.2. The van der Waals surface area contributed by atoms with Crippen LogP contribution in [0.2, 0.25) is 0 Å². The van der Waals surface area contributed by atoms with Gasteiger partial charge in [-0.15, -0.1) is 0 Å². The van der Waals surface area contributed by atoms with E-state index in [1.54, 1.807) is 12.4 Å². The van der Waals surface area contributed by atoms with Crippen LogP contribution >= 0.6 is 0 Å². The van der Waals surface area contributed by atoms with Gasteiger partial charge in [-0.2, -0.15) is 0 Å². The third-order valence-electron chi connectivity index (χ3n) is 8.65. The van der Waals surface area contributed by atoms with Gasteiger partial charge < -0.3 is 5.73 Å². The fourth-order valence-electron chi connectivity index (χ4n) is 6.25. The van der Waals surface area contributed by atoms with Crippen LogP contribution in [-0.4, -0.2) is 21.6 Å². The number of hydrogen-bond acceptors (Lipinski definition) is 3. The first-order valence-corrected chi connectivity index (χ1v) is 16.0. The Morgan fingerprint density at radius 1 is 0.479 bits per heavy atom. The van der Waals surface area contributed by atoms with Crippen molar-refractivity contribution >= 4 is 44.2 Å².